The van der Waals surface area contributed by atoms with Crippen molar-refractivity contribution in [2.24, 2.45) is 5.92 Å². The molecule has 1 saturated heterocycles. The molecule has 0 amide bonds. The molecule has 1 aliphatic heterocycles. The molecule has 1 aromatic heterocycles. The Morgan fingerprint density at radius 3 is 3.06 bits per heavy atom. The molecule has 1 aromatic rings. The summed E-state index contributed by atoms with van der Waals surface area (Å²) in [4.78, 5) is 6.60. The van der Waals surface area contributed by atoms with Gasteiger partial charge in [0.15, 0.2) is 5.82 Å². The molecule has 1 atom stereocenters. The molecular weight excluding hydrogens is 218 g/mol. The average molecular weight is 239 g/mol. The Balaban J connectivity index is 1.92. The standard InChI is InChI=1S/C12H21N3O2/c1-9(2)6-11-13-12(17-14-11)7-15-5-3-4-10(15)8-16/h9-10,16H,3-8H2,1-2H3. The van der Waals surface area contributed by atoms with Crippen LogP contribution in [0.25, 0.3) is 0 Å². The van der Waals surface area contributed by atoms with Crippen LogP contribution in [-0.4, -0.2) is 39.3 Å². The van der Waals surface area contributed by atoms with E-state index in [9.17, 15) is 5.11 Å². The maximum atomic E-state index is 9.23. The fraction of sp³-hybridized carbons (Fsp3) is 0.833. The van der Waals surface area contributed by atoms with Gasteiger partial charge in [0.1, 0.15) is 0 Å². The Kier molecular flexibility index (Phi) is 4.12. The summed E-state index contributed by atoms with van der Waals surface area (Å²) < 4.78 is 5.24. The lowest BCUT2D eigenvalue weighted by Crippen LogP contribution is -2.31. The summed E-state index contributed by atoms with van der Waals surface area (Å²) in [7, 11) is 0. The summed E-state index contributed by atoms with van der Waals surface area (Å²) >= 11 is 0. The van der Waals surface area contributed by atoms with E-state index in [1.165, 1.54) is 0 Å². The Hall–Kier alpha value is -0.940. The minimum atomic E-state index is 0.215. The molecular formula is C12H21N3O2. The van der Waals surface area contributed by atoms with Gasteiger partial charge in [0.2, 0.25) is 5.89 Å². The number of hydrogen-bond donors (Lipinski definition) is 1. The van der Waals surface area contributed by atoms with Gasteiger partial charge >= 0.3 is 0 Å². The van der Waals surface area contributed by atoms with Crippen molar-refractivity contribution < 1.29 is 9.63 Å². The van der Waals surface area contributed by atoms with E-state index in [4.69, 9.17) is 4.52 Å². The first-order chi connectivity index (χ1) is 8.19. The number of aromatic nitrogens is 2. The van der Waals surface area contributed by atoms with E-state index in [1.54, 1.807) is 0 Å². The SMILES string of the molecule is CC(C)Cc1noc(CN2CCCC2CO)n1. The minimum Gasteiger partial charge on any atom is -0.395 e. The molecule has 1 aliphatic rings. The lowest BCUT2D eigenvalue weighted by molar-refractivity contribution is 0.141. The van der Waals surface area contributed by atoms with Crippen molar-refractivity contribution in [1.29, 1.82) is 0 Å². The van der Waals surface area contributed by atoms with Crippen LogP contribution in [0.1, 0.15) is 38.4 Å². The minimum absolute atomic E-state index is 0.215. The van der Waals surface area contributed by atoms with Crippen molar-refractivity contribution in [2.45, 2.75) is 45.7 Å². The summed E-state index contributed by atoms with van der Waals surface area (Å²) in [6.07, 6.45) is 3.05. The zero-order valence-electron chi connectivity index (χ0n) is 10.6. The number of likely N-dealkylation sites (tertiary alicyclic amines) is 1. The maximum absolute atomic E-state index is 9.23. The molecule has 0 radical (unpaired) electrons. The van der Waals surface area contributed by atoms with Crippen molar-refractivity contribution in [3.63, 3.8) is 0 Å². The van der Waals surface area contributed by atoms with E-state index >= 15 is 0 Å². The second-order valence-electron chi connectivity index (χ2n) is 5.15. The van der Waals surface area contributed by atoms with Gasteiger partial charge in [-0.25, -0.2) is 0 Å². The Morgan fingerprint density at radius 1 is 1.53 bits per heavy atom. The molecule has 1 N–H and O–H groups in total. The van der Waals surface area contributed by atoms with Crippen molar-refractivity contribution in [1.82, 2.24) is 15.0 Å². The summed E-state index contributed by atoms with van der Waals surface area (Å²) in [5.74, 6) is 1.99. The monoisotopic (exact) mass is 239 g/mol. The van der Waals surface area contributed by atoms with Gasteiger partial charge in [0, 0.05) is 12.5 Å². The number of aliphatic hydroxyl groups is 1. The third kappa shape index (κ3) is 3.26. The van der Waals surface area contributed by atoms with Gasteiger partial charge in [-0.1, -0.05) is 19.0 Å². The lowest BCUT2D eigenvalue weighted by Gasteiger charge is -2.20. The van der Waals surface area contributed by atoms with Crippen LogP contribution in [0.2, 0.25) is 0 Å². The van der Waals surface area contributed by atoms with E-state index in [1.807, 2.05) is 0 Å². The Bertz CT molecular complexity index is 351. The molecule has 5 heteroatoms. The largest absolute Gasteiger partial charge is 0.395 e. The van der Waals surface area contributed by atoms with Gasteiger partial charge < -0.3 is 9.63 Å². The Morgan fingerprint density at radius 2 is 2.35 bits per heavy atom. The van der Waals surface area contributed by atoms with Crippen LogP contribution in [-0.2, 0) is 13.0 Å². The number of aliphatic hydroxyl groups excluding tert-OH is 1. The summed E-state index contributed by atoms with van der Waals surface area (Å²) in [5.41, 5.74) is 0. The molecule has 0 bridgehead atoms. The van der Waals surface area contributed by atoms with E-state index in [2.05, 4.69) is 28.9 Å². The number of hydrogen-bond acceptors (Lipinski definition) is 5. The molecule has 0 spiro atoms. The van der Waals surface area contributed by atoms with Gasteiger partial charge in [-0.2, -0.15) is 4.98 Å². The molecule has 0 aliphatic carbocycles. The molecule has 0 aromatic carbocycles. The molecule has 2 rings (SSSR count). The van der Waals surface area contributed by atoms with E-state index in [0.29, 0.717) is 18.4 Å². The highest BCUT2D eigenvalue weighted by atomic mass is 16.5. The highest BCUT2D eigenvalue weighted by Crippen LogP contribution is 2.19. The van der Waals surface area contributed by atoms with Crippen LogP contribution in [0.5, 0.6) is 0 Å². The van der Waals surface area contributed by atoms with E-state index < -0.39 is 0 Å². The predicted octanol–water partition coefficient (Wildman–Crippen LogP) is 1.22. The number of nitrogens with zero attached hydrogens (tertiary/aromatic N) is 3. The molecule has 1 unspecified atom stereocenters. The van der Waals surface area contributed by atoms with Crippen LogP contribution in [0.3, 0.4) is 0 Å². The van der Waals surface area contributed by atoms with Crippen molar-refractivity contribution >= 4 is 0 Å². The van der Waals surface area contributed by atoms with Gasteiger partial charge in [-0.3, -0.25) is 4.90 Å². The lowest BCUT2D eigenvalue weighted by atomic mass is 10.1. The van der Waals surface area contributed by atoms with Crippen LogP contribution >= 0.6 is 0 Å². The molecule has 2 heterocycles. The fourth-order valence-corrected chi connectivity index (χ4v) is 2.29. The third-order valence-corrected chi connectivity index (χ3v) is 3.15. The van der Waals surface area contributed by atoms with Crippen LogP contribution in [0, 0.1) is 5.92 Å². The van der Waals surface area contributed by atoms with Crippen molar-refractivity contribution in [3.05, 3.63) is 11.7 Å². The third-order valence-electron chi connectivity index (χ3n) is 3.15. The van der Waals surface area contributed by atoms with E-state index in [-0.39, 0.29) is 12.6 Å². The highest BCUT2D eigenvalue weighted by Gasteiger charge is 2.25. The first-order valence-electron chi connectivity index (χ1n) is 6.35. The summed E-state index contributed by atoms with van der Waals surface area (Å²) in [6.45, 7) is 6.16. The highest BCUT2D eigenvalue weighted by molar-refractivity contribution is 4.89. The fourth-order valence-electron chi connectivity index (χ4n) is 2.29. The van der Waals surface area contributed by atoms with Crippen LogP contribution in [0.15, 0.2) is 4.52 Å². The summed E-state index contributed by atoms with van der Waals surface area (Å²) in [6, 6.07) is 0.260. The molecule has 96 valence electrons. The molecule has 17 heavy (non-hydrogen) atoms. The summed E-state index contributed by atoms with van der Waals surface area (Å²) in [5, 5.41) is 13.2. The van der Waals surface area contributed by atoms with Crippen LogP contribution in [0.4, 0.5) is 0 Å². The van der Waals surface area contributed by atoms with Crippen molar-refractivity contribution in [2.75, 3.05) is 13.2 Å². The average Bonchev–Trinajstić information content (AvgIpc) is 2.87. The van der Waals surface area contributed by atoms with Crippen molar-refractivity contribution in [3.8, 4) is 0 Å². The Labute approximate surface area is 102 Å². The topological polar surface area (TPSA) is 62.4 Å². The van der Waals surface area contributed by atoms with E-state index in [0.717, 1.165) is 31.6 Å². The smallest absolute Gasteiger partial charge is 0.240 e. The maximum Gasteiger partial charge on any atom is 0.240 e. The molecule has 0 saturated carbocycles. The van der Waals surface area contributed by atoms with Gasteiger partial charge in [0.25, 0.3) is 0 Å². The first kappa shape index (κ1) is 12.5. The zero-order valence-corrected chi connectivity index (χ0v) is 10.6. The number of rotatable bonds is 5. The zero-order chi connectivity index (χ0) is 12.3. The molecule has 1 fully saturated rings. The quantitative estimate of drug-likeness (QED) is 0.837. The normalized spacial score (nSPS) is 21.5. The van der Waals surface area contributed by atoms with Crippen LogP contribution < -0.4 is 0 Å². The predicted molar refractivity (Wildman–Crippen MR) is 63.4 cm³/mol. The second kappa shape index (κ2) is 5.60. The first-order valence-corrected chi connectivity index (χ1v) is 6.35. The van der Waals surface area contributed by atoms with Gasteiger partial charge in [-0.15, -0.1) is 0 Å². The van der Waals surface area contributed by atoms with Gasteiger partial charge in [0.05, 0.1) is 13.2 Å². The van der Waals surface area contributed by atoms with Gasteiger partial charge in [-0.05, 0) is 25.3 Å². The molecule has 5 nitrogen and oxygen atoms in total. The second-order valence-corrected chi connectivity index (χ2v) is 5.15.